The third-order valence-corrected chi connectivity index (χ3v) is 1.93. The maximum Gasteiger partial charge on any atom is 0.137 e. The van der Waals surface area contributed by atoms with Crippen molar-refractivity contribution in [3.05, 3.63) is 30.1 Å². The second-order valence-electron chi connectivity index (χ2n) is 3.13. The van der Waals surface area contributed by atoms with Crippen molar-refractivity contribution < 1.29 is 4.79 Å². The monoisotopic (exact) mass is 187 g/mol. The minimum absolute atomic E-state index is 0.242. The Labute approximate surface area is 84.4 Å². The number of Topliss-reactive ketones (excluding diaryl/α,β-unsaturated/α-hetero) is 1. The van der Waals surface area contributed by atoms with E-state index in [2.05, 4.69) is 10.9 Å². The number of nitrogens with zero attached hydrogens (tertiary/aromatic N) is 1. The Morgan fingerprint density at radius 2 is 2.14 bits per heavy atom. The molecule has 0 saturated carbocycles. The van der Waals surface area contributed by atoms with Crippen LogP contribution in [-0.4, -0.2) is 10.8 Å². The molecule has 0 spiro atoms. The van der Waals surface area contributed by atoms with Gasteiger partial charge in [-0.15, -0.1) is 12.3 Å². The van der Waals surface area contributed by atoms with E-state index in [1.807, 2.05) is 12.1 Å². The molecule has 0 atom stereocenters. The summed E-state index contributed by atoms with van der Waals surface area (Å²) in [5.74, 6) is 2.77. The van der Waals surface area contributed by atoms with Crippen LogP contribution < -0.4 is 0 Å². The lowest BCUT2D eigenvalue weighted by atomic mass is 10.1. The van der Waals surface area contributed by atoms with Crippen molar-refractivity contribution in [1.82, 2.24) is 4.98 Å². The Bertz CT molecular complexity index is 324. The largest absolute Gasteiger partial charge is 0.299 e. The van der Waals surface area contributed by atoms with Gasteiger partial charge in [0.1, 0.15) is 5.78 Å². The first kappa shape index (κ1) is 10.5. The molecule has 0 aliphatic heterocycles. The maximum absolute atomic E-state index is 11.4. The van der Waals surface area contributed by atoms with Crippen LogP contribution in [0.25, 0.3) is 0 Å². The van der Waals surface area contributed by atoms with Crippen LogP contribution in [-0.2, 0) is 11.2 Å². The van der Waals surface area contributed by atoms with E-state index in [-0.39, 0.29) is 5.78 Å². The maximum atomic E-state index is 11.4. The Hall–Kier alpha value is -1.62. The normalized spacial score (nSPS) is 9.36. The number of hydrogen-bond donors (Lipinski definition) is 0. The zero-order valence-electron chi connectivity index (χ0n) is 8.07. The van der Waals surface area contributed by atoms with Crippen LogP contribution in [0.1, 0.15) is 24.8 Å². The Morgan fingerprint density at radius 3 is 2.79 bits per heavy atom. The van der Waals surface area contributed by atoms with Gasteiger partial charge in [-0.25, -0.2) is 0 Å². The van der Waals surface area contributed by atoms with E-state index in [0.29, 0.717) is 19.3 Å². The van der Waals surface area contributed by atoms with Gasteiger partial charge in [0.25, 0.3) is 0 Å². The second-order valence-corrected chi connectivity index (χ2v) is 3.13. The van der Waals surface area contributed by atoms with Crippen molar-refractivity contribution in [2.75, 3.05) is 0 Å². The van der Waals surface area contributed by atoms with E-state index in [4.69, 9.17) is 6.42 Å². The Morgan fingerprint density at radius 1 is 1.43 bits per heavy atom. The van der Waals surface area contributed by atoms with E-state index in [1.165, 1.54) is 0 Å². The van der Waals surface area contributed by atoms with Gasteiger partial charge in [-0.3, -0.25) is 9.78 Å². The summed E-state index contributed by atoms with van der Waals surface area (Å²) < 4.78 is 0. The summed E-state index contributed by atoms with van der Waals surface area (Å²) in [6.45, 7) is 0. The van der Waals surface area contributed by atoms with Crippen LogP contribution in [0.2, 0.25) is 0 Å². The molecule has 2 heteroatoms. The smallest absolute Gasteiger partial charge is 0.137 e. The first-order valence-corrected chi connectivity index (χ1v) is 4.67. The van der Waals surface area contributed by atoms with Gasteiger partial charge >= 0.3 is 0 Å². The van der Waals surface area contributed by atoms with E-state index in [9.17, 15) is 4.79 Å². The van der Waals surface area contributed by atoms with Crippen LogP contribution in [0, 0.1) is 12.3 Å². The van der Waals surface area contributed by atoms with Gasteiger partial charge < -0.3 is 0 Å². The first-order chi connectivity index (χ1) is 6.83. The standard InChI is InChI=1S/C12H13NO/c1-2-3-4-5-12(14)10-11-6-8-13-9-7-11/h1,6-9H,3-5,10H2. The number of rotatable bonds is 5. The minimum Gasteiger partial charge on any atom is -0.299 e. The van der Waals surface area contributed by atoms with Crippen LogP contribution in [0.5, 0.6) is 0 Å². The number of carbonyl (C=O) groups is 1. The van der Waals surface area contributed by atoms with Gasteiger partial charge in [-0.05, 0) is 24.1 Å². The van der Waals surface area contributed by atoms with Gasteiger partial charge in [0.15, 0.2) is 0 Å². The molecule has 0 amide bonds. The Kier molecular flexibility index (Phi) is 4.43. The molecule has 1 aromatic rings. The minimum atomic E-state index is 0.242. The lowest BCUT2D eigenvalue weighted by molar-refractivity contribution is -0.118. The van der Waals surface area contributed by atoms with Gasteiger partial charge in [0.05, 0.1) is 0 Å². The number of terminal acetylenes is 1. The van der Waals surface area contributed by atoms with Crippen molar-refractivity contribution in [1.29, 1.82) is 0 Å². The van der Waals surface area contributed by atoms with Crippen molar-refractivity contribution in [3.8, 4) is 12.3 Å². The number of ketones is 1. The van der Waals surface area contributed by atoms with Crippen molar-refractivity contribution in [3.63, 3.8) is 0 Å². The van der Waals surface area contributed by atoms with E-state index >= 15 is 0 Å². The summed E-state index contributed by atoms with van der Waals surface area (Å²) in [5.41, 5.74) is 1.02. The number of hydrogen-bond acceptors (Lipinski definition) is 2. The molecule has 1 heterocycles. The molecule has 0 fully saturated rings. The highest BCUT2D eigenvalue weighted by Crippen LogP contribution is 2.03. The molecule has 1 aromatic heterocycles. The highest BCUT2D eigenvalue weighted by molar-refractivity contribution is 5.80. The zero-order chi connectivity index (χ0) is 10.2. The number of carbonyl (C=O) groups excluding carboxylic acids is 1. The molecule has 0 aliphatic carbocycles. The lowest BCUT2D eigenvalue weighted by Crippen LogP contribution is -2.02. The number of aromatic nitrogens is 1. The summed E-state index contributed by atoms with van der Waals surface area (Å²) in [7, 11) is 0. The molecule has 0 bridgehead atoms. The molecule has 2 nitrogen and oxygen atoms in total. The van der Waals surface area contributed by atoms with Crippen molar-refractivity contribution in [2.24, 2.45) is 0 Å². The fraction of sp³-hybridized carbons (Fsp3) is 0.333. The average Bonchev–Trinajstić information content (AvgIpc) is 2.20. The first-order valence-electron chi connectivity index (χ1n) is 4.67. The molecule has 72 valence electrons. The van der Waals surface area contributed by atoms with Gasteiger partial charge in [-0.2, -0.15) is 0 Å². The summed E-state index contributed by atoms with van der Waals surface area (Å²) in [6.07, 6.45) is 11.0. The second kappa shape index (κ2) is 5.93. The topological polar surface area (TPSA) is 30.0 Å². The number of unbranched alkanes of at least 4 members (excludes halogenated alkanes) is 1. The lowest BCUT2D eigenvalue weighted by Gasteiger charge is -1.98. The van der Waals surface area contributed by atoms with Crippen LogP contribution in [0.4, 0.5) is 0 Å². The fourth-order valence-corrected chi connectivity index (χ4v) is 1.20. The number of pyridine rings is 1. The van der Waals surface area contributed by atoms with Gasteiger partial charge in [0, 0.05) is 31.7 Å². The molecule has 0 saturated heterocycles. The molecule has 0 unspecified atom stereocenters. The van der Waals surface area contributed by atoms with Crippen molar-refractivity contribution >= 4 is 5.78 Å². The molecular formula is C12H13NO. The summed E-state index contributed by atoms with van der Waals surface area (Å²) in [4.78, 5) is 15.3. The van der Waals surface area contributed by atoms with E-state index < -0.39 is 0 Å². The van der Waals surface area contributed by atoms with E-state index in [1.54, 1.807) is 12.4 Å². The third kappa shape index (κ3) is 3.86. The molecule has 0 aliphatic rings. The predicted molar refractivity (Wildman–Crippen MR) is 55.6 cm³/mol. The van der Waals surface area contributed by atoms with Crippen molar-refractivity contribution in [2.45, 2.75) is 25.7 Å². The van der Waals surface area contributed by atoms with Crippen LogP contribution >= 0.6 is 0 Å². The average molecular weight is 187 g/mol. The highest BCUT2D eigenvalue weighted by Gasteiger charge is 2.02. The zero-order valence-corrected chi connectivity index (χ0v) is 8.07. The highest BCUT2D eigenvalue weighted by atomic mass is 16.1. The molecule has 14 heavy (non-hydrogen) atoms. The SMILES string of the molecule is C#CCCCC(=O)Cc1ccncc1. The quantitative estimate of drug-likeness (QED) is 0.521. The summed E-state index contributed by atoms with van der Waals surface area (Å²) in [5, 5.41) is 0. The molecule has 0 radical (unpaired) electrons. The molecule has 0 aromatic carbocycles. The third-order valence-electron chi connectivity index (χ3n) is 1.93. The molecule has 0 N–H and O–H groups in total. The van der Waals surface area contributed by atoms with Crippen LogP contribution in [0.3, 0.4) is 0 Å². The fourth-order valence-electron chi connectivity index (χ4n) is 1.20. The summed E-state index contributed by atoms with van der Waals surface area (Å²) in [6, 6.07) is 3.72. The van der Waals surface area contributed by atoms with Gasteiger partial charge in [0.2, 0.25) is 0 Å². The summed E-state index contributed by atoms with van der Waals surface area (Å²) >= 11 is 0. The van der Waals surface area contributed by atoms with Crippen LogP contribution in [0.15, 0.2) is 24.5 Å². The van der Waals surface area contributed by atoms with E-state index in [0.717, 1.165) is 12.0 Å². The molecule has 1 rings (SSSR count). The van der Waals surface area contributed by atoms with Gasteiger partial charge in [-0.1, -0.05) is 0 Å². The predicted octanol–water partition coefficient (Wildman–Crippen LogP) is 2.00. The molecular weight excluding hydrogens is 174 g/mol. The Balaban J connectivity index is 2.32.